The van der Waals surface area contributed by atoms with Gasteiger partial charge in [-0.15, -0.1) is 11.3 Å². The Balaban J connectivity index is -0.000000334. The van der Waals surface area contributed by atoms with Gasteiger partial charge in [0.05, 0.1) is 22.1 Å². The lowest BCUT2D eigenvalue weighted by Crippen LogP contribution is -2.13. The van der Waals surface area contributed by atoms with E-state index in [4.69, 9.17) is 0 Å². The molecule has 0 fully saturated rings. The van der Waals surface area contributed by atoms with Crippen LogP contribution >= 0.6 is 22.9 Å². The minimum atomic E-state index is 0.211. The summed E-state index contributed by atoms with van der Waals surface area (Å²) in [6.45, 7) is 96.7. The Bertz CT molecular complexity index is 3040. The van der Waals surface area contributed by atoms with E-state index in [1.54, 1.807) is 11.5 Å². The number of aromatic nitrogens is 7. The van der Waals surface area contributed by atoms with Gasteiger partial charge in [0.2, 0.25) is 0 Å². The fraction of sp³-hybridized carbons (Fsp3) is 0.600. The zero-order chi connectivity index (χ0) is 79.2. The monoisotopic (exact) mass is 1400 g/mol. The molecule has 0 aliphatic heterocycles. The number of hydrogen-bond acceptors (Lipinski definition) is 8. The van der Waals surface area contributed by atoms with Gasteiger partial charge in [-0.2, -0.15) is 9.47 Å². The summed E-state index contributed by atoms with van der Waals surface area (Å²) in [5.74, 6) is 0. The van der Waals surface area contributed by atoms with Crippen molar-refractivity contribution >= 4 is 22.9 Å². The van der Waals surface area contributed by atoms with E-state index in [9.17, 15) is 0 Å². The summed E-state index contributed by atoms with van der Waals surface area (Å²) >= 11 is 3.42. The number of thiazole rings is 1. The number of rotatable bonds is 0. The second-order valence-corrected chi connectivity index (χ2v) is 34.4. The molecule has 0 aliphatic rings. The first-order chi connectivity index (χ1) is 45.3. The summed E-state index contributed by atoms with van der Waals surface area (Å²) in [5.41, 5.74) is 23.3. The van der Waals surface area contributed by atoms with Crippen LogP contribution in [0.15, 0.2) is 104 Å². The van der Waals surface area contributed by atoms with Crippen molar-refractivity contribution in [3.8, 4) is 0 Å². The highest BCUT2D eigenvalue weighted by atomic mass is 32.1. The fourth-order valence-corrected chi connectivity index (χ4v) is 13.3. The molecule has 0 N–H and O–H groups in total. The summed E-state index contributed by atoms with van der Waals surface area (Å²) in [7, 11) is 2.00. The quantitative estimate of drug-likeness (QED) is 0.150. The molecule has 562 valence electrons. The Morgan fingerprint density at radius 1 is 0.313 bits per heavy atom. The second-order valence-electron chi connectivity index (χ2n) is 32.2. The molecule has 0 radical (unpaired) electrons. The SMILES string of the molecule is CC.CC.CC.CC.CC.Cc1ccccc1C(C)(C)C.Cc1ccccc1C(C)(C)C.Cc1cnccc1C(C)(C)C.Cc1cnccc1C(C)(C)C.Cc1cnccc1C(C)(C)C.Cc1nc(C)c(C(C)(C)C)s1.Cc1nn(C)c(C)c1C(C)(C)C.Cc1nsc(C)c1C(C)(C)C. The molecule has 0 aliphatic carbocycles. The predicted molar refractivity (Wildman–Crippen MR) is 451 cm³/mol. The molecule has 2 aromatic carbocycles. The normalized spacial score (nSPS) is 10.9. The van der Waals surface area contributed by atoms with Crippen LogP contribution in [0.4, 0.5) is 0 Å². The molecular formula is C90H155N7S2. The lowest BCUT2D eigenvalue weighted by Gasteiger charge is -2.21. The Morgan fingerprint density at radius 3 is 0.737 bits per heavy atom. The van der Waals surface area contributed by atoms with Crippen LogP contribution < -0.4 is 0 Å². The Morgan fingerprint density at radius 2 is 0.596 bits per heavy atom. The van der Waals surface area contributed by atoms with Crippen LogP contribution in [0.2, 0.25) is 0 Å². The minimum Gasteiger partial charge on any atom is -0.272 e. The van der Waals surface area contributed by atoms with Gasteiger partial charge in [-0.1, -0.05) is 284 Å². The molecule has 6 heterocycles. The zero-order valence-electron chi connectivity index (χ0n) is 73.3. The first-order valence-electron chi connectivity index (χ1n) is 37.0. The van der Waals surface area contributed by atoms with Gasteiger partial charge in [0.25, 0.3) is 0 Å². The molecule has 9 heteroatoms. The maximum absolute atomic E-state index is 4.40. The van der Waals surface area contributed by atoms with Crippen molar-refractivity contribution in [2.75, 3.05) is 0 Å². The molecule has 99 heavy (non-hydrogen) atoms. The van der Waals surface area contributed by atoms with E-state index in [2.05, 4.69) is 338 Å². The van der Waals surface area contributed by atoms with Crippen LogP contribution in [0.1, 0.15) is 340 Å². The molecule has 7 nitrogen and oxygen atoms in total. The molecule has 8 aromatic rings. The van der Waals surface area contributed by atoms with Crippen molar-refractivity contribution in [1.82, 2.24) is 34.1 Å². The van der Waals surface area contributed by atoms with Crippen molar-refractivity contribution in [1.29, 1.82) is 0 Å². The van der Waals surface area contributed by atoms with Crippen molar-refractivity contribution < 1.29 is 0 Å². The molecule has 0 atom stereocenters. The molecule has 8 rings (SSSR count). The van der Waals surface area contributed by atoms with E-state index in [-0.39, 0.29) is 43.3 Å². The van der Waals surface area contributed by atoms with Gasteiger partial charge >= 0.3 is 0 Å². The van der Waals surface area contributed by atoms with Gasteiger partial charge in [-0.25, -0.2) is 4.98 Å². The van der Waals surface area contributed by atoms with Gasteiger partial charge in [0, 0.05) is 65.2 Å². The van der Waals surface area contributed by atoms with Gasteiger partial charge < -0.3 is 0 Å². The summed E-state index contributed by atoms with van der Waals surface area (Å²) in [4.78, 5) is 19.3. The van der Waals surface area contributed by atoms with Gasteiger partial charge in [-0.05, 0) is 210 Å². The predicted octanol–water partition coefficient (Wildman–Crippen LogP) is 28.2. The van der Waals surface area contributed by atoms with E-state index in [1.807, 2.05) is 129 Å². The molecule has 0 unspecified atom stereocenters. The third-order valence-corrected chi connectivity index (χ3v) is 17.4. The van der Waals surface area contributed by atoms with E-state index < -0.39 is 0 Å². The average molecular weight is 1400 g/mol. The topological polar surface area (TPSA) is 82.3 Å². The number of benzene rings is 2. The summed E-state index contributed by atoms with van der Waals surface area (Å²) < 4.78 is 6.28. The van der Waals surface area contributed by atoms with Crippen LogP contribution in [0.3, 0.4) is 0 Å². The number of pyridine rings is 3. The lowest BCUT2D eigenvalue weighted by atomic mass is 9.84. The Labute approximate surface area is 623 Å². The molecule has 6 aromatic heterocycles. The summed E-state index contributed by atoms with van der Waals surface area (Å²) in [6, 6.07) is 23.4. The highest BCUT2D eigenvalue weighted by Gasteiger charge is 2.24. The standard InChI is InChI=1S/2C11H16.C10H18N2.3C10H15N.2C9H15NS.5C2H6/c2*1-9-7-5-6-8-10(9)11(2,3)4;1-7-9(10(3,4)5)8(2)12(6)11-7;3*1-8-7-11-6-5-9(8)10(2,3)4;1-6-8(9(3,4)5)11-7(2)10-6;1-6-8(9(3,4)5)7(2)11-10-6;5*1-2/h2*5-8H,1-4H3;1-6H3;3*5-7H,1-4H3;2*1-5H3;5*1-2H3. The maximum atomic E-state index is 4.40. The van der Waals surface area contributed by atoms with Crippen LogP contribution in [0, 0.1) is 76.2 Å². The van der Waals surface area contributed by atoms with Crippen molar-refractivity contribution in [3.05, 3.63) is 208 Å². The van der Waals surface area contributed by atoms with E-state index in [0.29, 0.717) is 0 Å². The smallest absolute Gasteiger partial charge is 0.0900 e. The first kappa shape index (κ1) is 102. The zero-order valence-corrected chi connectivity index (χ0v) is 74.9. The van der Waals surface area contributed by atoms with Gasteiger partial charge in [0.15, 0.2) is 0 Å². The number of nitrogens with zero attached hydrogens (tertiary/aromatic N) is 7. The minimum absolute atomic E-state index is 0.211. The lowest BCUT2D eigenvalue weighted by molar-refractivity contribution is 0.580. The number of hydrogen-bond donors (Lipinski definition) is 0. The van der Waals surface area contributed by atoms with Crippen LogP contribution in [0.25, 0.3) is 0 Å². The van der Waals surface area contributed by atoms with Crippen LogP contribution in [0.5, 0.6) is 0 Å². The molecule has 0 saturated heterocycles. The molecule has 0 bridgehead atoms. The number of aryl methyl sites for hydroxylation is 11. The first-order valence-corrected chi connectivity index (χ1v) is 38.6. The van der Waals surface area contributed by atoms with Gasteiger partial charge in [-0.3, -0.25) is 19.6 Å². The van der Waals surface area contributed by atoms with Gasteiger partial charge in [0.1, 0.15) is 0 Å². The molecular weight excluding hydrogens is 1240 g/mol. The fourth-order valence-electron chi connectivity index (χ4n) is 11.4. The molecule has 0 saturated carbocycles. The Hall–Kier alpha value is -5.64. The van der Waals surface area contributed by atoms with Crippen LogP contribution in [-0.4, -0.2) is 34.1 Å². The highest BCUT2D eigenvalue weighted by Crippen LogP contribution is 2.33. The van der Waals surface area contributed by atoms with Crippen molar-refractivity contribution in [2.45, 2.75) is 355 Å². The molecule has 0 amide bonds. The largest absolute Gasteiger partial charge is 0.272 e. The second kappa shape index (κ2) is 47.5. The highest BCUT2D eigenvalue weighted by molar-refractivity contribution is 7.11. The average Bonchev–Trinajstić information content (AvgIpc) is 1.70. The Kier molecular flexibility index (Phi) is 49.0. The summed E-state index contributed by atoms with van der Waals surface area (Å²) in [6.07, 6.45) is 11.3. The van der Waals surface area contributed by atoms with Crippen molar-refractivity contribution in [3.63, 3.8) is 0 Å². The van der Waals surface area contributed by atoms with Crippen LogP contribution in [-0.2, 0) is 50.4 Å². The maximum Gasteiger partial charge on any atom is 0.0900 e. The molecule has 0 spiro atoms. The van der Waals surface area contributed by atoms with E-state index in [1.165, 1.54) is 98.6 Å². The third kappa shape index (κ3) is 39.4. The van der Waals surface area contributed by atoms with E-state index >= 15 is 0 Å². The van der Waals surface area contributed by atoms with Crippen molar-refractivity contribution in [2.24, 2.45) is 7.05 Å². The summed E-state index contributed by atoms with van der Waals surface area (Å²) in [5, 5.41) is 5.57. The third-order valence-electron chi connectivity index (χ3n) is 15.0. The van der Waals surface area contributed by atoms with E-state index in [0.717, 1.165) is 5.69 Å².